The highest BCUT2D eigenvalue weighted by Gasteiger charge is 2.07. The Morgan fingerprint density at radius 3 is 2.94 bits per heavy atom. The highest BCUT2D eigenvalue weighted by Crippen LogP contribution is 2.14. The topological polar surface area (TPSA) is 89.1 Å². The van der Waals surface area contributed by atoms with Crippen LogP contribution in [0.1, 0.15) is 0 Å². The summed E-state index contributed by atoms with van der Waals surface area (Å²) in [5.74, 6) is 0. The zero-order valence-corrected chi connectivity index (χ0v) is 8.79. The first-order valence-corrected chi connectivity index (χ1v) is 5.03. The lowest BCUT2D eigenvalue weighted by Crippen LogP contribution is -2.18. The molecule has 0 spiro atoms. The molecular formula is C11H9N5O. The summed E-state index contributed by atoms with van der Waals surface area (Å²) in [5.41, 5.74) is 7.29. The van der Waals surface area contributed by atoms with Crippen molar-refractivity contribution in [3.8, 4) is 11.4 Å². The Kier molecular flexibility index (Phi) is 1.94. The van der Waals surface area contributed by atoms with E-state index >= 15 is 0 Å². The number of hydrogen-bond donors (Lipinski definition) is 2. The number of nitrogen functional groups attached to an aromatic ring is 1. The SMILES string of the molecule is Nc1cnc2cc(-c3ccccn3)[nH]n2c1=O. The first-order valence-electron chi connectivity index (χ1n) is 5.03. The minimum atomic E-state index is -0.308. The second-order valence-electron chi connectivity index (χ2n) is 3.60. The maximum Gasteiger partial charge on any atom is 0.295 e. The Hall–Kier alpha value is -2.63. The van der Waals surface area contributed by atoms with E-state index in [0.717, 1.165) is 11.4 Å². The van der Waals surface area contributed by atoms with Crippen LogP contribution in [0.25, 0.3) is 17.0 Å². The number of hydrogen-bond acceptors (Lipinski definition) is 4. The van der Waals surface area contributed by atoms with Gasteiger partial charge in [0.15, 0.2) is 5.65 Å². The Bertz CT molecular complexity index is 728. The van der Waals surface area contributed by atoms with Crippen molar-refractivity contribution < 1.29 is 0 Å². The summed E-state index contributed by atoms with van der Waals surface area (Å²) in [6, 6.07) is 7.30. The van der Waals surface area contributed by atoms with Crippen LogP contribution in [0.2, 0.25) is 0 Å². The van der Waals surface area contributed by atoms with Crippen LogP contribution < -0.4 is 11.3 Å². The Balaban J connectivity index is 2.28. The molecule has 3 aromatic heterocycles. The smallest absolute Gasteiger partial charge is 0.295 e. The average molecular weight is 227 g/mol. The number of aromatic amines is 1. The van der Waals surface area contributed by atoms with Crippen LogP contribution in [0.5, 0.6) is 0 Å². The first-order chi connectivity index (χ1) is 8.25. The molecule has 0 saturated carbocycles. The predicted octanol–water partition coefficient (Wildman–Crippen LogP) is 0.667. The van der Waals surface area contributed by atoms with E-state index in [4.69, 9.17) is 5.73 Å². The first kappa shape index (κ1) is 9.59. The zero-order chi connectivity index (χ0) is 11.8. The molecule has 0 amide bonds. The van der Waals surface area contributed by atoms with Crippen LogP contribution >= 0.6 is 0 Å². The summed E-state index contributed by atoms with van der Waals surface area (Å²) in [5, 5.41) is 2.92. The Morgan fingerprint density at radius 2 is 2.18 bits per heavy atom. The zero-order valence-electron chi connectivity index (χ0n) is 8.79. The van der Waals surface area contributed by atoms with Gasteiger partial charge in [-0.15, -0.1) is 0 Å². The maximum absolute atomic E-state index is 11.7. The number of pyridine rings is 1. The van der Waals surface area contributed by atoms with Crippen molar-refractivity contribution >= 4 is 11.3 Å². The molecule has 3 heterocycles. The van der Waals surface area contributed by atoms with Gasteiger partial charge in [0, 0.05) is 12.3 Å². The fourth-order valence-corrected chi connectivity index (χ4v) is 1.63. The molecule has 0 fully saturated rings. The summed E-state index contributed by atoms with van der Waals surface area (Å²) in [6.45, 7) is 0. The molecule has 3 N–H and O–H groups in total. The van der Waals surface area contributed by atoms with Crippen molar-refractivity contribution in [2.75, 3.05) is 5.73 Å². The number of H-pyrrole nitrogens is 1. The van der Waals surface area contributed by atoms with E-state index in [9.17, 15) is 4.79 Å². The number of aromatic nitrogens is 4. The predicted molar refractivity (Wildman–Crippen MR) is 63.5 cm³/mol. The van der Waals surface area contributed by atoms with E-state index < -0.39 is 0 Å². The van der Waals surface area contributed by atoms with Crippen LogP contribution in [-0.4, -0.2) is 19.6 Å². The van der Waals surface area contributed by atoms with E-state index in [0.29, 0.717) is 5.65 Å². The molecule has 0 bridgehead atoms. The van der Waals surface area contributed by atoms with Crippen molar-refractivity contribution in [3.63, 3.8) is 0 Å². The molecule has 17 heavy (non-hydrogen) atoms. The van der Waals surface area contributed by atoms with Crippen LogP contribution in [0.3, 0.4) is 0 Å². The van der Waals surface area contributed by atoms with E-state index in [1.54, 1.807) is 12.3 Å². The van der Waals surface area contributed by atoms with Gasteiger partial charge in [-0.1, -0.05) is 6.07 Å². The highest BCUT2D eigenvalue weighted by atomic mass is 16.1. The lowest BCUT2D eigenvalue weighted by molar-refractivity contribution is 0.905. The number of anilines is 1. The molecule has 0 aromatic carbocycles. The van der Waals surface area contributed by atoms with Crippen LogP contribution in [0.4, 0.5) is 5.69 Å². The van der Waals surface area contributed by atoms with Gasteiger partial charge in [-0.05, 0) is 12.1 Å². The lowest BCUT2D eigenvalue weighted by Gasteiger charge is -1.94. The number of nitrogens with one attached hydrogen (secondary N) is 1. The Morgan fingerprint density at radius 1 is 1.29 bits per heavy atom. The van der Waals surface area contributed by atoms with Gasteiger partial charge in [-0.3, -0.25) is 14.9 Å². The molecular weight excluding hydrogens is 218 g/mol. The van der Waals surface area contributed by atoms with Crippen LogP contribution in [-0.2, 0) is 0 Å². The second-order valence-corrected chi connectivity index (χ2v) is 3.60. The van der Waals surface area contributed by atoms with Gasteiger partial charge >= 0.3 is 0 Å². The number of fused-ring (bicyclic) bond motifs is 1. The number of rotatable bonds is 1. The summed E-state index contributed by atoms with van der Waals surface area (Å²) >= 11 is 0. The third kappa shape index (κ3) is 1.46. The van der Waals surface area contributed by atoms with Gasteiger partial charge in [0.1, 0.15) is 5.69 Å². The van der Waals surface area contributed by atoms with E-state index in [2.05, 4.69) is 15.1 Å². The van der Waals surface area contributed by atoms with E-state index in [1.807, 2.05) is 18.2 Å². The maximum atomic E-state index is 11.7. The highest BCUT2D eigenvalue weighted by molar-refractivity contribution is 5.60. The number of nitrogens with zero attached hydrogens (tertiary/aromatic N) is 3. The molecule has 6 heteroatoms. The number of nitrogens with two attached hydrogens (primary N) is 1. The van der Waals surface area contributed by atoms with Crippen molar-refractivity contribution in [3.05, 3.63) is 47.0 Å². The Labute approximate surface area is 95.7 Å². The third-order valence-corrected chi connectivity index (χ3v) is 2.46. The summed E-state index contributed by atoms with van der Waals surface area (Å²) in [6.07, 6.45) is 3.04. The van der Waals surface area contributed by atoms with Crippen LogP contribution in [0, 0.1) is 0 Å². The summed E-state index contributed by atoms with van der Waals surface area (Å²) in [7, 11) is 0. The van der Waals surface area contributed by atoms with Gasteiger partial charge in [0.25, 0.3) is 5.56 Å². The standard InChI is InChI=1S/C11H9N5O/c12-7-6-14-10-5-9(15-16(10)11(7)17)8-3-1-2-4-13-8/h1-6,15H,12H2. The van der Waals surface area contributed by atoms with Crippen molar-refractivity contribution in [2.45, 2.75) is 0 Å². The fraction of sp³-hybridized carbons (Fsp3) is 0. The van der Waals surface area contributed by atoms with Gasteiger partial charge in [-0.25, -0.2) is 4.98 Å². The largest absolute Gasteiger partial charge is 0.393 e. The third-order valence-electron chi connectivity index (χ3n) is 2.46. The lowest BCUT2D eigenvalue weighted by atomic mass is 10.3. The van der Waals surface area contributed by atoms with Gasteiger partial charge in [0.2, 0.25) is 0 Å². The van der Waals surface area contributed by atoms with E-state index in [1.165, 1.54) is 10.7 Å². The fourth-order valence-electron chi connectivity index (χ4n) is 1.63. The molecule has 0 radical (unpaired) electrons. The normalized spacial score (nSPS) is 10.8. The van der Waals surface area contributed by atoms with Crippen molar-refractivity contribution in [2.24, 2.45) is 0 Å². The van der Waals surface area contributed by atoms with E-state index in [-0.39, 0.29) is 11.2 Å². The average Bonchev–Trinajstić information content (AvgIpc) is 2.80. The monoisotopic (exact) mass is 227 g/mol. The molecule has 0 atom stereocenters. The molecule has 3 aromatic rings. The second kappa shape index (κ2) is 3.44. The van der Waals surface area contributed by atoms with Crippen molar-refractivity contribution in [1.82, 2.24) is 19.6 Å². The molecule has 84 valence electrons. The molecule has 0 saturated heterocycles. The molecule has 0 aliphatic carbocycles. The molecule has 0 unspecified atom stereocenters. The minimum absolute atomic E-state index is 0.108. The van der Waals surface area contributed by atoms with Crippen LogP contribution in [0.15, 0.2) is 41.5 Å². The summed E-state index contributed by atoms with van der Waals surface area (Å²) < 4.78 is 1.30. The van der Waals surface area contributed by atoms with Gasteiger partial charge in [-0.2, -0.15) is 4.52 Å². The molecule has 0 aliphatic heterocycles. The van der Waals surface area contributed by atoms with Crippen molar-refractivity contribution in [1.29, 1.82) is 0 Å². The van der Waals surface area contributed by atoms with Gasteiger partial charge in [0.05, 0.1) is 17.6 Å². The van der Waals surface area contributed by atoms with Gasteiger partial charge < -0.3 is 5.73 Å². The minimum Gasteiger partial charge on any atom is -0.393 e. The quantitative estimate of drug-likeness (QED) is 0.639. The summed E-state index contributed by atoms with van der Waals surface area (Å²) in [4.78, 5) is 20.0. The molecule has 6 nitrogen and oxygen atoms in total. The molecule has 0 aliphatic rings. The molecule has 3 rings (SSSR count).